The molecule has 0 aromatic heterocycles. The molecule has 0 unspecified atom stereocenters. The van der Waals surface area contributed by atoms with Crippen LogP contribution in [0.2, 0.25) is 0 Å². The molecule has 1 rings (SSSR count). The van der Waals surface area contributed by atoms with Crippen molar-refractivity contribution in [2.75, 3.05) is 25.1 Å². The SMILES string of the molecule is CCCCOCCCNC(=O)/C(C#N)=C\Nc1ccc(C)cc1Br. The van der Waals surface area contributed by atoms with Gasteiger partial charge >= 0.3 is 0 Å². The number of aryl methyl sites for hydroxylation is 1. The van der Waals surface area contributed by atoms with Crippen molar-refractivity contribution < 1.29 is 9.53 Å². The zero-order valence-electron chi connectivity index (χ0n) is 14.2. The third kappa shape index (κ3) is 7.62. The number of hydrogen-bond acceptors (Lipinski definition) is 4. The van der Waals surface area contributed by atoms with Crippen LogP contribution < -0.4 is 10.6 Å². The van der Waals surface area contributed by atoms with Crippen LogP contribution in [-0.4, -0.2) is 25.7 Å². The second kappa shape index (κ2) is 11.7. The zero-order valence-corrected chi connectivity index (χ0v) is 15.8. The van der Waals surface area contributed by atoms with Gasteiger partial charge in [0.25, 0.3) is 5.91 Å². The van der Waals surface area contributed by atoms with E-state index in [2.05, 4.69) is 33.5 Å². The minimum absolute atomic E-state index is 0.0365. The van der Waals surface area contributed by atoms with Crippen LogP contribution in [0.4, 0.5) is 5.69 Å². The first-order valence-corrected chi connectivity index (χ1v) is 8.86. The second-order valence-electron chi connectivity index (χ2n) is 5.37. The van der Waals surface area contributed by atoms with Gasteiger partial charge in [0.05, 0.1) is 5.69 Å². The van der Waals surface area contributed by atoms with Gasteiger partial charge in [0.15, 0.2) is 0 Å². The summed E-state index contributed by atoms with van der Waals surface area (Å²) in [6, 6.07) is 7.71. The monoisotopic (exact) mass is 393 g/mol. The minimum atomic E-state index is -0.387. The standard InChI is InChI=1S/C18H24BrN3O2/c1-3-4-9-24-10-5-8-21-18(23)15(12-20)13-22-17-7-6-14(2)11-16(17)19/h6-7,11,13,22H,3-5,8-10H2,1-2H3,(H,21,23)/b15-13-. The number of unbranched alkanes of at least 4 members (excludes halogenated alkanes) is 1. The van der Waals surface area contributed by atoms with E-state index in [0.29, 0.717) is 13.2 Å². The van der Waals surface area contributed by atoms with Gasteiger partial charge in [-0.3, -0.25) is 4.79 Å². The smallest absolute Gasteiger partial charge is 0.263 e. The first kappa shape index (κ1) is 20.2. The lowest BCUT2D eigenvalue weighted by Crippen LogP contribution is -2.26. The highest BCUT2D eigenvalue weighted by molar-refractivity contribution is 9.10. The number of carbonyl (C=O) groups is 1. The Morgan fingerprint density at radius 1 is 1.38 bits per heavy atom. The molecule has 0 aliphatic carbocycles. The van der Waals surface area contributed by atoms with Crippen LogP contribution in [0.15, 0.2) is 34.4 Å². The number of nitrogens with one attached hydrogen (secondary N) is 2. The number of carbonyl (C=O) groups excluding carboxylic acids is 1. The summed E-state index contributed by atoms with van der Waals surface area (Å²) in [4.78, 5) is 12.0. The molecule has 0 radical (unpaired) electrons. The van der Waals surface area contributed by atoms with Crippen molar-refractivity contribution in [2.45, 2.75) is 33.1 Å². The van der Waals surface area contributed by atoms with E-state index >= 15 is 0 Å². The molecular formula is C18H24BrN3O2. The van der Waals surface area contributed by atoms with Crippen molar-refractivity contribution in [3.63, 3.8) is 0 Å². The molecular weight excluding hydrogens is 370 g/mol. The molecule has 2 N–H and O–H groups in total. The van der Waals surface area contributed by atoms with Crippen LogP contribution in [0.25, 0.3) is 0 Å². The molecule has 0 aliphatic heterocycles. The Bertz CT molecular complexity index is 609. The molecule has 24 heavy (non-hydrogen) atoms. The Morgan fingerprint density at radius 3 is 2.79 bits per heavy atom. The summed E-state index contributed by atoms with van der Waals surface area (Å²) in [5, 5.41) is 14.8. The molecule has 0 spiro atoms. The van der Waals surface area contributed by atoms with Gasteiger partial charge in [0.2, 0.25) is 0 Å². The predicted molar refractivity (Wildman–Crippen MR) is 99.6 cm³/mol. The predicted octanol–water partition coefficient (Wildman–Crippen LogP) is 3.90. The van der Waals surface area contributed by atoms with E-state index in [4.69, 9.17) is 10.00 Å². The average molecular weight is 394 g/mol. The van der Waals surface area contributed by atoms with E-state index in [-0.39, 0.29) is 11.5 Å². The summed E-state index contributed by atoms with van der Waals surface area (Å²) in [6.07, 6.45) is 4.30. The van der Waals surface area contributed by atoms with Crippen molar-refractivity contribution in [3.8, 4) is 6.07 Å². The van der Waals surface area contributed by atoms with Crippen LogP contribution in [0.3, 0.4) is 0 Å². The van der Waals surface area contributed by atoms with E-state index in [0.717, 1.165) is 41.6 Å². The number of ether oxygens (including phenoxy) is 1. The maximum Gasteiger partial charge on any atom is 0.263 e. The van der Waals surface area contributed by atoms with Gasteiger partial charge in [0, 0.05) is 30.4 Å². The molecule has 5 nitrogen and oxygen atoms in total. The van der Waals surface area contributed by atoms with Gasteiger partial charge in [-0.1, -0.05) is 19.4 Å². The van der Waals surface area contributed by atoms with Crippen LogP contribution in [0.5, 0.6) is 0 Å². The minimum Gasteiger partial charge on any atom is -0.381 e. The topological polar surface area (TPSA) is 74.1 Å². The van der Waals surface area contributed by atoms with Gasteiger partial charge in [-0.05, 0) is 53.4 Å². The highest BCUT2D eigenvalue weighted by atomic mass is 79.9. The number of nitrogens with zero attached hydrogens (tertiary/aromatic N) is 1. The lowest BCUT2D eigenvalue weighted by molar-refractivity contribution is -0.117. The summed E-state index contributed by atoms with van der Waals surface area (Å²) in [7, 11) is 0. The average Bonchev–Trinajstić information content (AvgIpc) is 2.56. The highest BCUT2D eigenvalue weighted by Crippen LogP contribution is 2.23. The van der Waals surface area contributed by atoms with Gasteiger partial charge in [-0.25, -0.2) is 0 Å². The summed E-state index contributed by atoms with van der Waals surface area (Å²) in [5.74, 6) is -0.387. The van der Waals surface area contributed by atoms with Gasteiger partial charge in [-0.2, -0.15) is 5.26 Å². The molecule has 1 aromatic rings. The maximum absolute atomic E-state index is 12.0. The van der Waals surface area contributed by atoms with Crippen molar-refractivity contribution in [3.05, 3.63) is 40.0 Å². The molecule has 6 heteroatoms. The van der Waals surface area contributed by atoms with E-state index in [9.17, 15) is 4.79 Å². The van der Waals surface area contributed by atoms with Crippen molar-refractivity contribution in [1.29, 1.82) is 5.26 Å². The third-order valence-corrected chi connectivity index (χ3v) is 3.91. The molecule has 0 aliphatic rings. The normalized spacial score (nSPS) is 11.0. The fourth-order valence-electron chi connectivity index (χ4n) is 1.86. The number of hydrogen-bond donors (Lipinski definition) is 2. The molecule has 0 saturated carbocycles. The highest BCUT2D eigenvalue weighted by Gasteiger charge is 2.08. The number of benzene rings is 1. The van der Waals surface area contributed by atoms with Crippen molar-refractivity contribution >= 4 is 27.5 Å². The van der Waals surface area contributed by atoms with Crippen LogP contribution in [0.1, 0.15) is 31.7 Å². The number of nitriles is 1. The van der Waals surface area contributed by atoms with E-state index < -0.39 is 0 Å². The molecule has 1 amide bonds. The summed E-state index contributed by atoms with van der Waals surface area (Å²) >= 11 is 3.44. The van der Waals surface area contributed by atoms with E-state index in [1.807, 2.05) is 31.2 Å². The van der Waals surface area contributed by atoms with Crippen LogP contribution in [-0.2, 0) is 9.53 Å². The van der Waals surface area contributed by atoms with Crippen LogP contribution in [0, 0.1) is 18.3 Å². The van der Waals surface area contributed by atoms with Crippen LogP contribution >= 0.6 is 15.9 Å². The number of rotatable bonds is 10. The molecule has 0 atom stereocenters. The van der Waals surface area contributed by atoms with E-state index in [1.165, 1.54) is 6.20 Å². The molecule has 0 bridgehead atoms. The van der Waals surface area contributed by atoms with Crippen molar-refractivity contribution in [2.24, 2.45) is 0 Å². The molecule has 0 fully saturated rings. The lowest BCUT2D eigenvalue weighted by atomic mass is 10.2. The quantitative estimate of drug-likeness (QED) is 0.359. The maximum atomic E-state index is 12.0. The van der Waals surface area contributed by atoms with Gasteiger partial charge in [-0.15, -0.1) is 0 Å². The zero-order chi connectivity index (χ0) is 17.8. The first-order valence-electron chi connectivity index (χ1n) is 8.07. The Labute approximate surface area is 152 Å². The Morgan fingerprint density at radius 2 is 2.12 bits per heavy atom. The first-order chi connectivity index (χ1) is 11.6. The molecule has 130 valence electrons. The molecule has 0 heterocycles. The number of anilines is 1. The Kier molecular flexibility index (Phi) is 9.81. The number of halogens is 1. The third-order valence-electron chi connectivity index (χ3n) is 3.25. The second-order valence-corrected chi connectivity index (χ2v) is 6.23. The fourth-order valence-corrected chi connectivity index (χ4v) is 2.46. The summed E-state index contributed by atoms with van der Waals surface area (Å²) in [6.45, 7) is 5.95. The Balaban J connectivity index is 2.41. The van der Waals surface area contributed by atoms with Gasteiger partial charge in [0.1, 0.15) is 11.6 Å². The summed E-state index contributed by atoms with van der Waals surface area (Å²) in [5.41, 5.74) is 1.95. The van der Waals surface area contributed by atoms with E-state index in [1.54, 1.807) is 0 Å². The largest absolute Gasteiger partial charge is 0.381 e. The Hall–Kier alpha value is -1.84. The van der Waals surface area contributed by atoms with Gasteiger partial charge < -0.3 is 15.4 Å². The lowest BCUT2D eigenvalue weighted by Gasteiger charge is -2.07. The van der Waals surface area contributed by atoms with Crippen molar-refractivity contribution in [1.82, 2.24) is 5.32 Å². The molecule has 0 saturated heterocycles. The summed E-state index contributed by atoms with van der Waals surface area (Å²) < 4.78 is 6.30. The fraction of sp³-hybridized carbons (Fsp3) is 0.444. The number of amides is 1. The molecule has 1 aromatic carbocycles.